The summed E-state index contributed by atoms with van der Waals surface area (Å²) in [5.41, 5.74) is 0.412. The number of thiazole rings is 2. The van der Waals surface area contributed by atoms with Crippen molar-refractivity contribution in [2.45, 2.75) is 30.5 Å². The van der Waals surface area contributed by atoms with Crippen LogP contribution in [0.5, 0.6) is 11.5 Å². The van der Waals surface area contributed by atoms with Crippen molar-refractivity contribution in [3.05, 3.63) is 69.5 Å². The zero-order chi connectivity index (χ0) is 25.5. The maximum Gasteiger partial charge on any atom is 0.416 e. The van der Waals surface area contributed by atoms with E-state index in [1.807, 2.05) is 0 Å². The van der Waals surface area contributed by atoms with Crippen LogP contribution in [-0.4, -0.2) is 25.0 Å². The average Bonchev–Trinajstić information content (AvgIpc) is 3.50. The van der Waals surface area contributed by atoms with Crippen molar-refractivity contribution in [2.24, 2.45) is 0 Å². The van der Waals surface area contributed by atoms with E-state index in [1.165, 1.54) is 35.7 Å². The fourth-order valence-corrected chi connectivity index (χ4v) is 6.14. The first-order valence-electron chi connectivity index (χ1n) is 10.6. The SMILES string of the molecule is Cc1nc(-c2cc(C(F)(F)F)ccc2O[C@@H]2CCOc3cc(S(=O)(=O)Nc4nccs4)ccc32)cs1. The third-order valence-corrected chi connectivity index (χ3v) is 8.33. The predicted octanol–water partition coefficient (Wildman–Crippen LogP) is 6.30. The van der Waals surface area contributed by atoms with E-state index >= 15 is 0 Å². The summed E-state index contributed by atoms with van der Waals surface area (Å²) in [5.74, 6) is 0.569. The van der Waals surface area contributed by atoms with Crippen LogP contribution in [0.15, 0.2) is 58.3 Å². The first-order valence-corrected chi connectivity index (χ1v) is 13.8. The summed E-state index contributed by atoms with van der Waals surface area (Å²) >= 11 is 2.48. The Labute approximate surface area is 212 Å². The molecular formula is C23H18F3N3O4S3. The van der Waals surface area contributed by atoms with Gasteiger partial charge in [-0.15, -0.1) is 22.7 Å². The smallest absolute Gasteiger partial charge is 0.416 e. The zero-order valence-electron chi connectivity index (χ0n) is 18.6. The molecule has 0 saturated carbocycles. The largest absolute Gasteiger partial charge is 0.493 e. The summed E-state index contributed by atoms with van der Waals surface area (Å²) in [6.45, 7) is 2.01. The molecule has 0 unspecified atom stereocenters. The van der Waals surface area contributed by atoms with E-state index in [2.05, 4.69) is 14.7 Å². The molecule has 13 heteroatoms. The minimum atomic E-state index is -4.52. The van der Waals surface area contributed by atoms with Gasteiger partial charge in [0.1, 0.15) is 17.6 Å². The van der Waals surface area contributed by atoms with Gasteiger partial charge in [0.2, 0.25) is 0 Å². The fraction of sp³-hybridized carbons (Fsp3) is 0.217. The maximum atomic E-state index is 13.4. The number of ether oxygens (including phenoxy) is 2. The first kappa shape index (κ1) is 24.5. The van der Waals surface area contributed by atoms with Gasteiger partial charge in [0.15, 0.2) is 5.13 Å². The van der Waals surface area contributed by atoms with Gasteiger partial charge < -0.3 is 9.47 Å². The Morgan fingerprint density at radius 3 is 2.69 bits per heavy atom. The number of alkyl halides is 3. The van der Waals surface area contributed by atoms with Crippen LogP contribution in [0.1, 0.15) is 28.7 Å². The Hall–Kier alpha value is -3.16. The number of aryl methyl sites for hydroxylation is 1. The van der Waals surface area contributed by atoms with Crippen LogP contribution in [0.4, 0.5) is 18.3 Å². The molecule has 0 amide bonds. The van der Waals surface area contributed by atoms with E-state index in [4.69, 9.17) is 9.47 Å². The van der Waals surface area contributed by atoms with Gasteiger partial charge in [0.25, 0.3) is 10.0 Å². The van der Waals surface area contributed by atoms with Crippen LogP contribution in [-0.2, 0) is 16.2 Å². The van der Waals surface area contributed by atoms with Crippen LogP contribution in [0, 0.1) is 6.92 Å². The van der Waals surface area contributed by atoms with E-state index in [0.29, 0.717) is 28.4 Å². The van der Waals surface area contributed by atoms with Crippen molar-refractivity contribution in [1.29, 1.82) is 0 Å². The third kappa shape index (κ3) is 5.04. The molecule has 5 rings (SSSR count). The Bertz CT molecular complexity index is 1500. The first-order chi connectivity index (χ1) is 17.1. The molecule has 4 aromatic rings. The van der Waals surface area contributed by atoms with Crippen molar-refractivity contribution in [1.82, 2.24) is 9.97 Å². The summed E-state index contributed by atoms with van der Waals surface area (Å²) in [7, 11) is -3.89. The van der Waals surface area contributed by atoms with Crippen molar-refractivity contribution >= 4 is 37.8 Å². The number of anilines is 1. The second-order valence-electron chi connectivity index (χ2n) is 7.85. The number of aromatic nitrogens is 2. The van der Waals surface area contributed by atoms with Gasteiger partial charge >= 0.3 is 6.18 Å². The predicted molar refractivity (Wildman–Crippen MR) is 130 cm³/mol. The zero-order valence-corrected chi connectivity index (χ0v) is 21.0. The lowest BCUT2D eigenvalue weighted by atomic mass is 10.0. The highest BCUT2D eigenvalue weighted by Crippen LogP contribution is 2.42. The minimum Gasteiger partial charge on any atom is -0.493 e. The number of nitrogens with one attached hydrogen (secondary N) is 1. The second kappa shape index (κ2) is 9.37. The van der Waals surface area contributed by atoms with E-state index in [-0.39, 0.29) is 27.9 Å². The summed E-state index contributed by atoms with van der Waals surface area (Å²) in [5, 5.41) is 4.28. The van der Waals surface area contributed by atoms with Gasteiger partial charge in [0.05, 0.1) is 27.8 Å². The fourth-order valence-electron chi connectivity index (χ4n) is 3.72. The highest BCUT2D eigenvalue weighted by atomic mass is 32.2. The molecule has 3 heterocycles. The van der Waals surface area contributed by atoms with E-state index in [9.17, 15) is 21.6 Å². The van der Waals surface area contributed by atoms with Gasteiger partial charge in [-0.1, -0.05) is 6.07 Å². The third-order valence-electron chi connectivity index (χ3n) is 5.40. The normalized spacial score (nSPS) is 15.7. The number of hydrogen-bond donors (Lipinski definition) is 1. The van der Waals surface area contributed by atoms with Crippen molar-refractivity contribution < 1.29 is 31.1 Å². The molecule has 2 aromatic heterocycles. The molecule has 7 nitrogen and oxygen atoms in total. The Kier molecular flexibility index (Phi) is 6.39. The molecule has 0 spiro atoms. The Balaban J connectivity index is 1.47. The Morgan fingerprint density at radius 2 is 2.00 bits per heavy atom. The molecule has 1 N–H and O–H groups in total. The molecule has 0 saturated heterocycles. The summed E-state index contributed by atoms with van der Waals surface area (Å²) < 4.78 is 80.0. The molecule has 1 atom stereocenters. The van der Waals surface area contributed by atoms with Crippen molar-refractivity contribution in [3.8, 4) is 22.8 Å². The molecule has 0 bridgehead atoms. The average molecular weight is 554 g/mol. The maximum absolute atomic E-state index is 13.4. The highest BCUT2D eigenvalue weighted by molar-refractivity contribution is 7.93. The molecule has 1 aliphatic rings. The number of rotatable bonds is 6. The lowest BCUT2D eigenvalue weighted by Gasteiger charge is -2.28. The van der Waals surface area contributed by atoms with E-state index < -0.39 is 27.9 Å². The molecule has 188 valence electrons. The molecule has 2 aromatic carbocycles. The lowest BCUT2D eigenvalue weighted by molar-refractivity contribution is -0.137. The lowest BCUT2D eigenvalue weighted by Crippen LogP contribution is -2.20. The van der Waals surface area contributed by atoms with Gasteiger partial charge in [-0.05, 0) is 31.2 Å². The van der Waals surface area contributed by atoms with E-state index in [1.54, 1.807) is 23.8 Å². The molecule has 36 heavy (non-hydrogen) atoms. The second-order valence-corrected chi connectivity index (χ2v) is 11.5. The summed E-state index contributed by atoms with van der Waals surface area (Å²) in [4.78, 5) is 8.26. The van der Waals surface area contributed by atoms with Crippen LogP contribution < -0.4 is 14.2 Å². The number of sulfonamides is 1. The van der Waals surface area contributed by atoms with Crippen molar-refractivity contribution in [3.63, 3.8) is 0 Å². The summed E-state index contributed by atoms with van der Waals surface area (Å²) in [6.07, 6.45) is -3.17. The molecule has 0 radical (unpaired) electrons. The topological polar surface area (TPSA) is 90.4 Å². The van der Waals surface area contributed by atoms with Crippen molar-refractivity contribution in [2.75, 3.05) is 11.3 Å². The molecular weight excluding hydrogens is 535 g/mol. The molecule has 0 aliphatic carbocycles. The number of hydrogen-bond acceptors (Lipinski definition) is 8. The number of fused-ring (bicyclic) bond motifs is 1. The van der Waals surface area contributed by atoms with Gasteiger partial charge in [-0.2, -0.15) is 13.2 Å². The number of nitrogens with zero attached hydrogens (tertiary/aromatic N) is 2. The number of halogens is 3. The highest BCUT2D eigenvalue weighted by Gasteiger charge is 2.33. The van der Waals surface area contributed by atoms with Gasteiger partial charge in [-0.25, -0.2) is 18.4 Å². The van der Waals surface area contributed by atoms with Crippen LogP contribution in [0.3, 0.4) is 0 Å². The van der Waals surface area contributed by atoms with E-state index in [0.717, 1.165) is 23.5 Å². The van der Waals surface area contributed by atoms with Crippen LogP contribution in [0.2, 0.25) is 0 Å². The quantitative estimate of drug-likeness (QED) is 0.302. The standard InChI is InChI=1S/C23H18F3N3O4S3/c1-13-28-18(12-35-13)17-10-14(23(24,25)26)2-5-19(17)33-20-6-8-32-21-11-15(3-4-16(20)21)36(30,31)29-22-27-7-9-34-22/h2-5,7,9-12,20H,6,8H2,1H3,(H,27,29)/t20-/m1/s1. The van der Waals surface area contributed by atoms with Gasteiger partial charge in [0, 0.05) is 40.6 Å². The number of benzene rings is 2. The minimum absolute atomic E-state index is 0.00901. The molecule has 1 aliphatic heterocycles. The van der Waals surface area contributed by atoms with Crippen LogP contribution >= 0.6 is 22.7 Å². The molecule has 0 fully saturated rings. The Morgan fingerprint density at radius 1 is 1.17 bits per heavy atom. The van der Waals surface area contributed by atoms with Crippen LogP contribution in [0.25, 0.3) is 11.3 Å². The monoisotopic (exact) mass is 553 g/mol. The summed E-state index contributed by atoms with van der Waals surface area (Å²) in [6, 6.07) is 7.71. The van der Waals surface area contributed by atoms with Gasteiger partial charge in [-0.3, -0.25) is 4.72 Å².